The Hall–Kier alpha value is -3.03. The molecular weight excluding hydrogens is 418 g/mol. The smallest absolute Gasteiger partial charge is 0.345 e. The predicted molar refractivity (Wildman–Crippen MR) is 122 cm³/mol. The molecule has 3 aromatic rings. The highest BCUT2D eigenvalue weighted by Crippen LogP contribution is 2.38. The molecular formula is C23H24ClN3O4. The molecule has 0 aliphatic heterocycles. The second kappa shape index (κ2) is 7.90. The molecule has 31 heavy (non-hydrogen) atoms. The average molecular weight is 442 g/mol. The van der Waals surface area contributed by atoms with E-state index in [4.69, 9.17) is 0 Å². The van der Waals surface area contributed by atoms with E-state index in [2.05, 4.69) is 20.9 Å². The van der Waals surface area contributed by atoms with Crippen LogP contribution in [0.25, 0.3) is 28.2 Å². The summed E-state index contributed by atoms with van der Waals surface area (Å²) in [4.78, 5) is 26.5. The Kier molecular flexibility index (Phi) is 5.41. The number of H-pyrrole nitrogens is 1. The lowest BCUT2D eigenvalue weighted by atomic mass is 9.93. The zero-order chi connectivity index (χ0) is 21.0. The number of allylic oxidation sites excluding steroid dienone is 1. The maximum absolute atomic E-state index is 12.4. The molecule has 0 amide bonds. The lowest BCUT2D eigenvalue weighted by Gasteiger charge is -2.26. The van der Waals surface area contributed by atoms with E-state index >= 15 is 0 Å². The molecule has 1 saturated carbocycles. The van der Waals surface area contributed by atoms with Crippen LogP contribution in [0.1, 0.15) is 46.4 Å². The van der Waals surface area contributed by atoms with Crippen molar-refractivity contribution in [2.45, 2.75) is 38.3 Å². The molecule has 0 bridgehead atoms. The lowest BCUT2D eigenvalue weighted by molar-refractivity contribution is 0.0691. The van der Waals surface area contributed by atoms with Crippen LogP contribution >= 0.6 is 12.4 Å². The van der Waals surface area contributed by atoms with E-state index in [-0.39, 0.29) is 12.4 Å². The summed E-state index contributed by atoms with van der Waals surface area (Å²) in [6, 6.07) is 6.69. The van der Waals surface area contributed by atoms with E-state index in [0.717, 1.165) is 28.6 Å². The largest absolute Gasteiger partial charge is 0.506 e. The molecule has 1 fully saturated rings. The number of pyridine rings is 1. The molecule has 2 aliphatic carbocycles. The van der Waals surface area contributed by atoms with Gasteiger partial charge in [-0.05, 0) is 37.0 Å². The third kappa shape index (κ3) is 3.34. The first-order valence-electron chi connectivity index (χ1n) is 10.2. The van der Waals surface area contributed by atoms with E-state index in [0.29, 0.717) is 23.7 Å². The first kappa shape index (κ1) is 21.2. The van der Waals surface area contributed by atoms with Gasteiger partial charge in [-0.2, -0.15) is 0 Å². The van der Waals surface area contributed by atoms with E-state index in [1.807, 2.05) is 31.3 Å². The fourth-order valence-electron chi connectivity index (χ4n) is 4.47. The van der Waals surface area contributed by atoms with Gasteiger partial charge < -0.3 is 25.1 Å². The first-order chi connectivity index (χ1) is 14.5. The monoisotopic (exact) mass is 441 g/mol. The van der Waals surface area contributed by atoms with Gasteiger partial charge in [0.2, 0.25) is 0 Å². The third-order valence-corrected chi connectivity index (χ3v) is 6.42. The Balaban J connectivity index is 0.00000231. The number of rotatable bonds is 4. The average Bonchev–Trinajstić information content (AvgIpc) is 2.86. The Bertz CT molecular complexity index is 1280. The van der Waals surface area contributed by atoms with Crippen LogP contribution in [0.5, 0.6) is 5.75 Å². The number of carbonyl (C=O) groups is 1. The van der Waals surface area contributed by atoms with Crippen LogP contribution in [0.15, 0.2) is 29.1 Å². The molecule has 5 rings (SSSR count). The molecule has 0 atom stereocenters. The van der Waals surface area contributed by atoms with Crippen molar-refractivity contribution < 1.29 is 15.0 Å². The molecule has 0 saturated heterocycles. The Morgan fingerprint density at radius 1 is 1.32 bits per heavy atom. The minimum Gasteiger partial charge on any atom is -0.506 e. The molecule has 2 aliphatic rings. The van der Waals surface area contributed by atoms with Gasteiger partial charge >= 0.3 is 5.97 Å². The van der Waals surface area contributed by atoms with Gasteiger partial charge in [-0.3, -0.25) is 4.79 Å². The van der Waals surface area contributed by atoms with Crippen molar-refractivity contribution in [1.82, 2.24) is 14.9 Å². The maximum Gasteiger partial charge on any atom is 0.345 e. The molecule has 162 valence electrons. The van der Waals surface area contributed by atoms with Gasteiger partial charge in [0.1, 0.15) is 5.75 Å². The van der Waals surface area contributed by atoms with Gasteiger partial charge in [0.25, 0.3) is 5.56 Å². The molecule has 0 unspecified atom stereocenters. The summed E-state index contributed by atoms with van der Waals surface area (Å²) in [7, 11) is 2.05. The van der Waals surface area contributed by atoms with E-state index in [9.17, 15) is 19.8 Å². The zero-order valence-corrected chi connectivity index (χ0v) is 17.9. The number of carboxylic acid groups (broad SMARTS) is 1. The zero-order valence-electron chi connectivity index (χ0n) is 17.1. The summed E-state index contributed by atoms with van der Waals surface area (Å²) >= 11 is 0. The fourth-order valence-corrected chi connectivity index (χ4v) is 4.47. The lowest BCUT2D eigenvalue weighted by Crippen LogP contribution is -2.34. The number of nitrogens with zero attached hydrogens (tertiary/aromatic N) is 1. The number of hydrogen-bond acceptors (Lipinski definition) is 4. The molecule has 1 aromatic carbocycles. The standard InChI is InChI=1S/C23H23N3O4.ClH/c1-26-13(11-24-12-4-2-5-12)10-17-14-6-3-7-16-20(15(14)8-9-18(17)26)25-22(28)19(21(16)27)23(29)30;/h3,6,8-10,12,24H,2,4-5,7,11H2,1H3,(H,29,30)(H2,25,27,28);1H. The van der Waals surface area contributed by atoms with Gasteiger partial charge in [-0.1, -0.05) is 24.6 Å². The minimum atomic E-state index is -1.44. The summed E-state index contributed by atoms with van der Waals surface area (Å²) in [6.07, 6.45) is 7.96. The number of carboxylic acids is 1. The normalized spacial score (nSPS) is 15.0. The van der Waals surface area contributed by atoms with Gasteiger partial charge in [0, 0.05) is 47.4 Å². The van der Waals surface area contributed by atoms with Crippen LogP contribution in [0, 0.1) is 0 Å². The Labute approximate surface area is 184 Å². The molecule has 2 aromatic heterocycles. The number of aromatic nitrogens is 2. The molecule has 2 heterocycles. The highest BCUT2D eigenvalue weighted by molar-refractivity contribution is 5.99. The second-order valence-corrected chi connectivity index (χ2v) is 8.11. The van der Waals surface area contributed by atoms with E-state index < -0.39 is 22.8 Å². The summed E-state index contributed by atoms with van der Waals surface area (Å²) in [5.41, 5.74) is 3.48. The molecule has 7 nitrogen and oxygen atoms in total. The van der Waals surface area contributed by atoms with Gasteiger partial charge in [0.15, 0.2) is 5.56 Å². The van der Waals surface area contributed by atoms with Crippen molar-refractivity contribution in [2.75, 3.05) is 0 Å². The summed E-state index contributed by atoms with van der Waals surface area (Å²) in [6.45, 7) is 0.796. The third-order valence-electron chi connectivity index (χ3n) is 6.42. The van der Waals surface area contributed by atoms with Gasteiger partial charge in [0.05, 0.1) is 5.69 Å². The second-order valence-electron chi connectivity index (χ2n) is 8.11. The van der Waals surface area contributed by atoms with Crippen LogP contribution in [0.3, 0.4) is 0 Å². The van der Waals surface area contributed by atoms with Crippen molar-refractivity contribution in [3.05, 3.63) is 57.0 Å². The van der Waals surface area contributed by atoms with E-state index in [1.165, 1.54) is 25.0 Å². The molecule has 0 radical (unpaired) electrons. The quantitative estimate of drug-likeness (QED) is 0.495. The number of hydrogen-bond donors (Lipinski definition) is 4. The number of aromatic amines is 1. The number of aromatic carboxylic acids is 1. The SMILES string of the molecule is Cl.Cn1c(CNC2CCC2)cc2c3c(ccc21)-c1[nH]c(=O)c(C(=O)O)c(O)c1CC=C3. The van der Waals surface area contributed by atoms with Crippen molar-refractivity contribution in [3.8, 4) is 17.0 Å². The molecule has 4 N–H and O–H groups in total. The number of benzene rings is 1. The number of halogens is 1. The Morgan fingerprint density at radius 3 is 2.77 bits per heavy atom. The fraction of sp³-hybridized carbons (Fsp3) is 0.304. The van der Waals surface area contributed by atoms with Crippen molar-refractivity contribution in [1.29, 1.82) is 0 Å². The van der Waals surface area contributed by atoms with Crippen molar-refractivity contribution in [2.24, 2.45) is 7.05 Å². The number of aromatic hydroxyl groups is 1. The van der Waals surface area contributed by atoms with Crippen molar-refractivity contribution in [3.63, 3.8) is 0 Å². The number of nitrogens with one attached hydrogen (secondary N) is 2. The number of fused-ring (bicyclic) bond motifs is 5. The predicted octanol–water partition coefficient (Wildman–Crippen LogP) is 3.57. The highest BCUT2D eigenvalue weighted by Gasteiger charge is 2.25. The van der Waals surface area contributed by atoms with Crippen LogP contribution in [0.2, 0.25) is 0 Å². The topological polar surface area (TPSA) is 107 Å². The van der Waals surface area contributed by atoms with Crippen LogP contribution in [-0.2, 0) is 20.0 Å². The molecule has 0 spiro atoms. The van der Waals surface area contributed by atoms with Crippen LogP contribution in [0.4, 0.5) is 0 Å². The van der Waals surface area contributed by atoms with Crippen LogP contribution in [-0.4, -0.2) is 31.8 Å². The highest BCUT2D eigenvalue weighted by atomic mass is 35.5. The van der Waals surface area contributed by atoms with E-state index in [1.54, 1.807) is 0 Å². The maximum atomic E-state index is 12.4. The minimum absolute atomic E-state index is 0. The van der Waals surface area contributed by atoms with Gasteiger partial charge in [-0.15, -0.1) is 12.4 Å². The summed E-state index contributed by atoms with van der Waals surface area (Å²) in [5, 5.41) is 24.5. The number of aryl methyl sites for hydroxylation is 1. The first-order valence-corrected chi connectivity index (χ1v) is 10.2. The Morgan fingerprint density at radius 2 is 2.10 bits per heavy atom. The van der Waals surface area contributed by atoms with Gasteiger partial charge in [-0.25, -0.2) is 4.79 Å². The van der Waals surface area contributed by atoms with Crippen LogP contribution < -0.4 is 10.9 Å². The summed E-state index contributed by atoms with van der Waals surface area (Å²) in [5.74, 6) is -1.90. The van der Waals surface area contributed by atoms with Crippen molar-refractivity contribution >= 4 is 35.4 Å². The summed E-state index contributed by atoms with van der Waals surface area (Å²) < 4.78 is 2.18. The molecule has 8 heteroatoms.